The number of ether oxygens (including phenoxy) is 3. The zero-order valence-electron chi connectivity index (χ0n) is 16.9. The molecule has 1 aromatic rings. The van der Waals surface area contributed by atoms with Gasteiger partial charge in [-0.05, 0) is 35.6 Å². The summed E-state index contributed by atoms with van der Waals surface area (Å²) in [7, 11) is 1.53. The van der Waals surface area contributed by atoms with Crippen molar-refractivity contribution < 1.29 is 28.6 Å². The van der Waals surface area contributed by atoms with Gasteiger partial charge < -0.3 is 19.9 Å². The van der Waals surface area contributed by atoms with Crippen LogP contribution in [-0.2, 0) is 14.3 Å². The summed E-state index contributed by atoms with van der Waals surface area (Å²) in [5.41, 5.74) is 5.62. The minimum atomic E-state index is -1.13. The lowest BCUT2D eigenvalue weighted by molar-refractivity contribution is -0.153. The van der Waals surface area contributed by atoms with Crippen molar-refractivity contribution in [1.82, 2.24) is 5.32 Å². The normalized spacial score (nSPS) is 12.1. The number of amides is 3. The van der Waals surface area contributed by atoms with E-state index in [1.807, 2.05) is 19.2 Å². The first-order valence-electron chi connectivity index (χ1n) is 8.93. The van der Waals surface area contributed by atoms with Gasteiger partial charge in [0.2, 0.25) is 0 Å². The number of primary amides is 1. The minimum Gasteiger partial charge on any atom is -0.493 e. The van der Waals surface area contributed by atoms with E-state index in [-0.39, 0.29) is 5.92 Å². The molecule has 0 aliphatic heterocycles. The van der Waals surface area contributed by atoms with Crippen molar-refractivity contribution in [3.05, 3.63) is 29.8 Å². The van der Waals surface area contributed by atoms with E-state index >= 15 is 0 Å². The van der Waals surface area contributed by atoms with Gasteiger partial charge in [0.25, 0.3) is 5.91 Å². The van der Waals surface area contributed by atoms with Gasteiger partial charge >= 0.3 is 12.0 Å². The zero-order valence-corrected chi connectivity index (χ0v) is 16.9. The number of hydrogen-bond acceptors (Lipinski definition) is 6. The molecular weight excluding hydrogens is 364 g/mol. The van der Waals surface area contributed by atoms with Gasteiger partial charge in [0.05, 0.1) is 13.7 Å². The van der Waals surface area contributed by atoms with E-state index in [0.717, 1.165) is 0 Å². The van der Waals surface area contributed by atoms with Crippen molar-refractivity contribution in [2.45, 2.75) is 33.8 Å². The smallest absolute Gasteiger partial charge is 0.331 e. The first kappa shape index (κ1) is 23.0. The number of imide groups is 1. The lowest BCUT2D eigenvalue weighted by Gasteiger charge is -2.18. The summed E-state index contributed by atoms with van der Waals surface area (Å²) in [6.07, 6.45) is 1.59. The second-order valence-electron chi connectivity index (χ2n) is 6.90. The number of carbonyl (C=O) groups excluding carboxylic acids is 3. The van der Waals surface area contributed by atoms with E-state index in [2.05, 4.69) is 0 Å². The molecule has 0 radical (unpaired) electrons. The Hall–Kier alpha value is -3.03. The molecule has 1 rings (SSSR count). The summed E-state index contributed by atoms with van der Waals surface area (Å²) in [6, 6.07) is 4.23. The van der Waals surface area contributed by atoms with Crippen LogP contribution in [0.25, 0.3) is 6.08 Å². The lowest BCUT2D eigenvalue weighted by atomic mass is 10.1. The van der Waals surface area contributed by atoms with Crippen LogP contribution in [0.1, 0.15) is 33.3 Å². The maximum Gasteiger partial charge on any atom is 0.331 e. The largest absolute Gasteiger partial charge is 0.493 e. The highest BCUT2D eigenvalue weighted by Crippen LogP contribution is 2.29. The third kappa shape index (κ3) is 7.69. The number of nitrogens with one attached hydrogen (secondary N) is 1. The van der Waals surface area contributed by atoms with E-state index in [1.54, 1.807) is 32.0 Å². The number of esters is 1. The molecule has 0 fully saturated rings. The van der Waals surface area contributed by atoms with Crippen molar-refractivity contribution in [2.75, 3.05) is 13.7 Å². The summed E-state index contributed by atoms with van der Waals surface area (Å²) in [6.45, 7) is 8.01. The fourth-order valence-corrected chi connectivity index (χ4v) is 2.18. The van der Waals surface area contributed by atoms with Crippen LogP contribution in [0.15, 0.2) is 24.3 Å². The Bertz CT molecular complexity index is 727. The SMILES string of the molecule is COc1cc(/C=C/C(=O)O[C@@H](C(=O)NC(N)=O)C(C)C)ccc1OCC(C)C. The summed E-state index contributed by atoms with van der Waals surface area (Å²) >= 11 is 0. The predicted molar refractivity (Wildman–Crippen MR) is 105 cm³/mol. The van der Waals surface area contributed by atoms with Crippen LogP contribution in [0.2, 0.25) is 0 Å². The van der Waals surface area contributed by atoms with E-state index < -0.39 is 24.0 Å². The highest BCUT2D eigenvalue weighted by molar-refractivity contribution is 5.97. The molecule has 8 nitrogen and oxygen atoms in total. The number of hydrogen-bond donors (Lipinski definition) is 2. The Kier molecular flexibility index (Phi) is 9.01. The van der Waals surface area contributed by atoms with Gasteiger partial charge in [-0.1, -0.05) is 33.8 Å². The fourth-order valence-electron chi connectivity index (χ4n) is 2.18. The minimum absolute atomic E-state index is 0.339. The molecule has 154 valence electrons. The first-order valence-corrected chi connectivity index (χ1v) is 8.93. The molecule has 0 aliphatic carbocycles. The Morgan fingerprint density at radius 2 is 1.82 bits per heavy atom. The van der Waals surface area contributed by atoms with Gasteiger partial charge in [0.1, 0.15) is 0 Å². The van der Waals surface area contributed by atoms with Crippen LogP contribution < -0.4 is 20.5 Å². The predicted octanol–water partition coefficient (Wildman–Crippen LogP) is 2.51. The highest BCUT2D eigenvalue weighted by atomic mass is 16.5. The van der Waals surface area contributed by atoms with E-state index in [0.29, 0.717) is 29.6 Å². The van der Waals surface area contributed by atoms with Gasteiger partial charge in [-0.3, -0.25) is 10.1 Å². The van der Waals surface area contributed by atoms with Gasteiger partial charge in [-0.25, -0.2) is 9.59 Å². The molecule has 3 amide bonds. The fraction of sp³-hybridized carbons (Fsp3) is 0.450. The molecule has 0 spiro atoms. The van der Waals surface area contributed by atoms with Crippen LogP contribution in [0.5, 0.6) is 11.5 Å². The number of rotatable bonds is 9. The molecule has 0 aromatic heterocycles. The summed E-state index contributed by atoms with van der Waals surface area (Å²) in [5.74, 6) is -0.306. The van der Waals surface area contributed by atoms with E-state index in [1.165, 1.54) is 19.3 Å². The van der Waals surface area contributed by atoms with Crippen LogP contribution in [0.3, 0.4) is 0 Å². The summed E-state index contributed by atoms with van der Waals surface area (Å²) in [4.78, 5) is 34.8. The molecular formula is C20H28N2O6. The molecule has 0 unspecified atom stereocenters. The van der Waals surface area contributed by atoms with Gasteiger partial charge in [0.15, 0.2) is 17.6 Å². The lowest BCUT2D eigenvalue weighted by Crippen LogP contribution is -2.45. The third-order valence-corrected chi connectivity index (χ3v) is 3.53. The summed E-state index contributed by atoms with van der Waals surface area (Å²) < 4.78 is 16.1. The second kappa shape index (κ2) is 11.0. The molecule has 1 aromatic carbocycles. The number of benzene rings is 1. The van der Waals surface area contributed by atoms with Crippen molar-refractivity contribution in [2.24, 2.45) is 17.6 Å². The van der Waals surface area contributed by atoms with Crippen LogP contribution in [0.4, 0.5) is 4.79 Å². The molecule has 3 N–H and O–H groups in total. The third-order valence-electron chi connectivity index (χ3n) is 3.53. The molecule has 1 atom stereocenters. The summed E-state index contributed by atoms with van der Waals surface area (Å²) in [5, 5.41) is 1.91. The monoisotopic (exact) mass is 392 g/mol. The van der Waals surface area contributed by atoms with Gasteiger partial charge in [0, 0.05) is 6.08 Å². The molecule has 0 saturated carbocycles. The standard InChI is InChI=1S/C20H28N2O6/c1-12(2)11-27-15-8-6-14(10-16(15)26-5)7-9-17(23)28-18(13(3)4)19(24)22-20(21)25/h6-10,12-13,18H,11H2,1-5H3,(H3,21,22,24,25)/b9-7+/t18-/m1/s1. The molecule has 8 heteroatoms. The second-order valence-corrected chi connectivity index (χ2v) is 6.90. The van der Waals surface area contributed by atoms with E-state index in [9.17, 15) is 14.4 Å². The van der Waals surface area contributed by atoms with Gasteiger partial charge in [-0.15, -0.1) is 0 Å². The Morgan fingerprint density at radius 3 is 2.36 bits per heavy atom. The number of urea groups is 1. The topological polar surface area (TPSA) is 117 Å². The van der Waals surface area contributed by atoms with Crippen molar-refractivity contribution >= 4 is 24.0 Å². The van der Waals surface area contributed by atoms with Crippen molar-refractivity contribution in [1.29, 1.82) is 0 Å². The maximum atomic E-state index is 12.1. The van der Waals surface area contributed by atoms with Gasteiger partial charge in [-0.2, -0.15) is 0 Å². The molecule has 28 heavy (non-hydrogen) atoms. The number of nitrogens with two attached hydrogens (primary N) is 1. The Morgan fingerprint density at radius 1 is 1.14 bits per heavy atom. The first-order chi connectivity index (χ1) is 13.1. The van der Waals surface area contributed by atoms with Crippen molar-refractivity contribution in [3.8, 4) is 11.5 Å². The van der Waals surface area contributed by atoms with Crippen molar-refractivity contribution in [3.63, 3.8) is 0 Å². The number of carbonyl (C=O) groups is 3. The molecule has 0 bridgehead atoms. The zero-order chi connectivity index (χ0) is 21.3. The Balaban J connectivity index is 2.82. The molecule has 0 aliphatic rings. The van der Waals surface area contributed by atoms with Crippen LogP contribution in [0, 0.1) is 11.8 Å². The highest BCUT2D eigenvalue weighted by Gasteiger charge is 2.26. The average Bonchev–Trinajstić information content (AvgIpc) is 2.61. The van der Waals surface area contributed by atoms with E-state index in [4.69, 9.17) is 19.9 Å². The molecule has 0 saturated heterocycles. The quantitative estimate of drug-likeness (QED) is 0.493. The van der Waals surface area contributed by atoms with Crippen LogP contribution >= 0.6 is 0 Å². The number of methoxy groups -OCH3 is 1. The average molecular weight is 392 g/mol. The Labute approximate surface area is 165 Å². The molecule has 0 heterocycles. The van der Waals surface area contributed by atoms with Crippen LogP contribution in [-0.4, -0.2) is 37.7 Å². The maximum absolute atomic E-state index is 12.1.